The second-order valence-electron chi connectivity index (χ2n) is 4.90. The number of ether oxygens (including phenoxy) is 1. The maximum absolute atomic E-state index is 6.07. The van der Waals surface area contributed by atoms with Gasteiger partial charge in [0.1, 0.15) is 12.4 Å². The van der Waals surface area contributed by atoms with Gasteiger partial charge in [-0.05, 0) is 36.2 Å². The zero-order valence-corrected chi connectivity index (χ0v) is 11.9. The van der Waals surface area contributed by atoms with Crippen molar-refractivity contribution in [1.82, 2.24) is 0 Å². The van der Waals surface area contributed by atoms with Gasteiger partial charge >= 0.3 is 0 Å². The number of hydrogen-bond acceptors (Lipinski definition) is 3. The van der Waals surface area contributed by atoms with Crippen molar-refractivity contribution in [2.75, 3.05) is 30.3 Å². The van der Waals surface area contributed by atoms with Gasteiger partial charge in [0.2, 0.25) is 0 Å². The highest BCUT2D eigenvalue weighted by Gasteiger charge is 2.18. The number of hydrogen-bond donors (Lipinski definition) is 1. The van der Waals surface area contributed by atoms with Crippen molar-refractivity contribution in [3.8, 4) is 5.75 Å². The molecule has 4 heteroatoms. The van der Waals surface area contributed by atoms with E-state index >= 15 is 0 Å². The van der Waals surface area contributed by atoms with Crippen LogP contribution < -0.4 is 15.4 Å². The molecule has 0 aliphatic carbocycles. The molecule has 104 valence electrons. The first-order valence-corrected chi connectivity index (χ1v) is 7.12. The Hall–Kier alpha value is -1.87. The number of nitrogen functional groups attached to an aromatic ring is 1. The predicted molar refractivity (Wildman–Crippen MR) is 83.7 cm³/mol. The third-order valence-electron chi connectivity index (χ3n) is 3.56. The summed E-state index contributed by atoms with van der Waals surface area (Å²) in [4.78, 5) is 2.31. The van der Waals surface area contributed by atoms with E-state index in [-0.39, 0.29) is 0 Å². The number of fused-ring (bicyclic) bond motifs is 1. The number of nitrogens with two attached hydrogens (primary N) is 1. The molecule has 3 nitrogen and oxygen atoms in total. The maximum Gasteiger partial charge on any atom is 0.137 e. The Kier molecular flexibility index (Phi) is 3.70. The summed E-state index contributed by atoms with van der Waals surface area (Å²) in [6, 6.07) is 13.7. The summed E-state index contributed by atoms with van der Waals surface area (Å²) in [6.07, 6.45) is 1.07. The lowest BCUT2D eigenvalue weighted by atomic mass is 10.1. The SMILES string of the molecule is Nc1ccc2c(c1)N(CCOc1ccccc1Cl)CC2. The molecule has 20 heavy (non-hydrogen) atoms. The molecule has 0 fully saturated rings. The number of anilines is 2. The van der Waals surface area contributed by atoms with E-state index in [9.17, 15) is 0 Å². The highest BCUT2D eigenvalue weighted by atomic mass is 35.5. The van der Waals surface area contributed by atoms with Gasteiger partial charge in [0.05, 0.1) is 11.6 Å². The number of halogens is 1. The molecule has 1 aliphatic heterocycles. The van der Waals surface area contributed by atoms with Gasteiger partial charge in [-0.15, -0.1) is 0 Å². The fraction of sp³-hybridized carbons (Fsp3) is 0.250. The van der Waals surface area contributed by atoms with Crippen molar-refractivity contribution < 1.29 is 4.74 Å². The molecule has 0 spiro atoms. The molecule has 2 N–H and O–H groups in total. The first kappa shape index (κ1) is 13.1. The molecular formula is C16H17ClN2O. The smallest absolute Gasteiger partial charge is 0.137 e. The lowest BCUT2D eigenvalue weighted by Crippen LogP contribution is -2.26. The second kappa shape index (κ2) is 5.63. The van der Waals surface area contributed by atoms with Crippen LogP contribution in [0.25, 0.3) is 0 Å². The molecule has 0 saturated carbocycles. The molecule has 3 rings (SSSR count). The van der Waals surface area contributed by atoms with Crippen LogP contribution in [0.3, 0.4) is 0 Å². The second-order valence-corrected chi connectivity index (χ2v) is 5.31. The van der Waals surface area contributed by atoms with E-state index in [1.165, 1.54) is 11.3 Å². The first-order chi connectivity index (χ1) is 9.74. The molecule has 2 aromatic rings. The van der Waals surface area contributed by atoms with Gasteiger partial charge in [-0.1, -0.05) is 29.8 Å². The van der Waals surface area contributed by atoms with Crippen molar-refractivity contribution in [3.63, 3.8) is 0 Å². The van der Waals surface area contributed by atoms with Crippen LogP contribution in [0.5, 0.6) is 5.75 Å². The molecule has 0 radical (unpaired) electrons. The first-order valence-electron chi connectivity index (χ1n) is 6.75. The largest absolute Gasteiger partial charge is 0.490 e. The van der Waals surface area contributed by atoms with Crippen LogP contribution in [-0.4, -0.2) is 19.7 Å². The lowest BCUT2D eigenvalue weighted by Gasteiger charge is -2.20. The van der Waals surface area contributed by atoms with Crippen LogP contribution in [0.2, 0.25) is 5.02 Å². The molecule has 0 atom stereocenters. The molecule has 0 saturated heterocycles. The summed E-state index contributed by atoms with van der Waals surface area (Å²) in [5.74, 6) is 0.737. The number of nitrogens with zero attached hydrogens (tertiary/aromatic N) is 1. The van der Waals surface area contributed by atoms with E-state index in [2.05, 4.69) is 11.0 Å². The molecule has 0 aromatic heterocycles. The topological polar surface area (TPSA) is 38.5 Å². The summed E-state index contributed by atoms with van der Waals surface area (Å²) in [6.45, 7) is 2.46. The number of para-hydroxylation sites is 1. The van der Waals surface area contributed by atoms with Crippen molar-refractivity contribution >= 4 is 23.0 Å². The molecule has 1 aliphatic rings. The Bertz CT molecular complexity index is 615. The van der Waals surface area contributed by atoms with E-state index in [0.717, 1.165) is 30.9 Å². The fourth-order valence-corrected chi connectivity index (χ4v) is 2.71. The van der Waals surface area contributed by atoms with E-state index < -0.39 is 0 Å². The summed E-state index contributed by atoms with van der Waals surface area (Å²) in [7, 11) is 0. The Balaban J connectivity index is 1.61. The Morgan fingerprint density at radius 1 is 1.20 bits per heavy atom. The normalized spacial score (nSPS) is 13.3. The van der Waals surface area contributed by atoms with Crippen LogP contribution in [0, 0.1) is 0 Å². The van der Waals surface area contributed by atoms with E-state index in [1.807, 2.05) is 36.4 Å². The summed E-state index contributed by atoms with van der Waals surface area (Å²) in [5.41, 5.74) is 9.25. The predicted octanol–water partition coefficient (Wildman–Crippen LogP) is 3.36. The van der Waals surface area contributed by atoms with E-state index in [0.29, 0.717) is 11.6 Å². The van der Waals surface area contributed by atoms with Gasteiger partial charge in [0, 0.05) is 17.9 Å². The number of benzene rings is 2. The Labute approximate surface area is 123 Å². The van der Waals surface area contributed by atoms with Crippen LogP contribution in [0.1, 0.15) is 5.56 Å². The summed E-state index contributed by atoms with van der Waals surface area (Å²) >= 11 is 6.07. The minimum Gasteiger partial charge on any atom is -0.490 e. The monoisotopic (exact) mass is 288 g/mol. The van der Waals surface area contributed by atoms with Gasteiger partial charge < -0.3 is 15.4 Å². The van der Waals surface area contributed by atoms with Crippen LogP contribution >= 0.6 is 11.6 Å². The summed E-state index contributed by atoms with van der Waals surface area (Å²) in [5, 5.41) is 0.651. The minimum absolute atomic E-state index is 0.609. The molecule has 0 amide bonds. The summed E-state index contributed by atoms with van der Waals surface area (Å²) < 4.78 is 5.74. The average Bonchev–Trinajstić information content (AvgIpc) is 2.83. The Morgan fingerprint density at radius 2 is 2.05 bits per heavy atom. The highest BCUT2D eigenvalue weighted by molar-refractivity contribution is 6.32. The number of rotatable bonds is 4. The maximum atomic E-state index is 6.07. The standard InChI is InChI=1S/C16H17ClN2O/c17-14-3-1-2-4-16(14)20-10-9-19-8-7-12-5-6-13(18)11-15(12)19/h1-6,11H,7-10,18H2. The zero-order valence-electron chi connectivity index (χ0n) is 11.2. The van der Waals surface area contributed by atoms with Gasteiger partial charge in [-0.2, -0.15) is 0 Å². The van der Waals surface area contributed by atoms with Gasteiger partial charge in [0.25, 0.3) is 0 Å². The van der Waals surface area contributed by atoms with Crippen LogP contribution in [0.4, 0.5) is 11.4 Å². The molecule has 2 aromatic carbocycles. The minimum atomic E-state index is 0.609. The quantitative estimate of drug-likeness (QED) is 0.877. The fourth-order valence-electron chi connectivity index (χ4n) is 2.52. The van der Waals surface area contributed by atoms with Crippen molar-refractivity contribution in [3.05, 3.63) is 53.1 Å². The van der Waals surface area contributed by atoms with Crippen LogP contribution in [0.15, 0.2) is 42.5 Å². The van der Waals surface area contributed by atoms with Crippen molar-refractivity contribution in [2.24, 2.45) is 0 Å². The van der Waals surface area contributed by atoms with Crippen LogP contribution in [-0.2, 0) is 6.42 Å². The van der Waals surface area contributed by atoms with Gasteiger partial charge in [-0.25, -0.2) is 0 Å². The lowest BCUT2D eigenvalue weighted by molar-refractivity contribution is 0.325. The van der Waals surface area contributed by atoms with Gasteiger partial charge in [0.15, 0.2) is 0 Å². The molecule has 0 bridgehead atoms. The molecule has 0 unspecified atom stereocenters. The molecule has 1 heterocycles. The third kappa shape index (κ3) is 2.68. The van der Waals surface area contributed by atoms with E-state index in [4.69, 9.17) is 22.1 Å². The van der Waals surface area contributed by atoms with E-state index in [1.54, 1.807) is 0 Å². The zero-order chi connectivity index (χ0) is 13.9. The molecular weight excluding hydrogens is 272 g/mol. The third-order valence-corrected chi connectivity index (χ3v) is 3.87. The highest BCUT2D eigenvalue weighted by Crippen LogP contribution is 2.30. The van der Waals surface area contributed by atoms with Crippen molar-refractivity contribution in [2.45, 2.75) is 6.42 Å². The Morgan fingerprint density at radius 3 is 2.90 bits per heavy atom. The average molecular weight is 289 g/mol. The van der Waals surface area contributed by atoms with Crippen molar-refractivity contribution in [1.29, 1.82) is 0 Å². The van der Waals surface area contributed by atoms with Gasteiger partial charge in [-0.3, -0.25) is 0 Å².